The molecule has 0 aliphatic rings. The summed E-state index contributed by atoms with van der Waals surface area (Å²) in [6.07, 6.45) is 0.386. The normalized spacial score (nSPS) is 12.9. The Kier molecular flexibility index (Phi) is 5.74. The minimum absolute atomic E-state index is 0.156. The van der Waals surface area contributed by atoms with Crippen LogP contribution >= 0.6 is 0 Å². The number of carbonyl (C=O) groups is 2. The fourth-order valence-electron chi connectivity index (χ4n) is 2.37. The summed E-state index contributed by atoms with van der Waals surface area (Å²) in [5, 5.41) is 5.42. The summed E-state index contributed by atoms with van der Waals surface area (Å²) in [4.78, 5) is 23.7. The van der Waals surface area contributed by atoms with Gasteiger partial charge in [0, 0.05) is 6.42 Å². The van der Waals surface area contributed by atoms with Gasteiger partial charge in [-0.25, -0.2) is 4.79 Å². The van der Waals surface area contributed by atoms with Gasteiger partial charge >= 0.3 is 6.03 Å². The molecule has 2 rings (SSSR count). The van der Waals surface area contributed by atoms with Crippen LogP contribution in [0.1, 0.15) is 24.1 Å². The molecule has 2 aromatic carbocycles. The lowest BCUT2D eigenvalue weighted by atomic mass is 10.0. The van der Waals surface area contributed by atoms with Gasteiger partial charge in [0.2, 0.25) is 5.91 Å². The Morgan fingerprint density at radius 1 is 0.957 bits per heavy atom. The van der Waals surface area contributed by atoms with Crippen LogP contribution in [0.4, 0.5) is 4.79 Å². The van der Waals surface area contributed by atoms with Gasteiger partial charge in [-0.1, -0.05) is 60.7 Å². The van der Waals surface area contributed by atoms with Crippen LogP contribution < -0.4 is 16.4 Å². The van der Waals surface area contributed by atoms with E-state index in [9.17, 15) is 9.59 Å². The molecule has 0 spiro atoms. The lowest BCUT2D eigenvalue weighted by molar-refractivity contribution is -0.123. The topological polar surface area (TPSA) is 84.2 Å². The molecule has 2 atom stereocenters. The molecule has 0 bridgehead atoms. The van der Waals surface area contributed by atoms with E-state index in [4.69, 9.17) is 5.73 Å². The zero-order valence-electron chi connectivity index (χ0n) is 13.0. The molecular weight excluding hydrogens is 290 g/mol. The average Bonchev–Trinajstić information content (AvgIpc) is 2.55. The minimum Gasteiger partial charge on any atom is -0.352 e. The number of nitrogens with two attached hydrogens (primary N) is 1. The first-order valence-electron chi connectivity index (χ1n) is 7.51. The minimum atomic E-state index is -0.714. The predicted molar refractivity (Wildman–Crippen MR) is 89.7 cm³/mol. The molecule has 2 unspecified atom stereocenters. The van der Waals surface area contributed by atoms with E-state index >= 15 is 0 Å². The zero-order chi connectivity index (χ0) is 16.7. The van der Waals surface area contributed by atoms with E-state index in [0.29, 0.717) is 6.42 Å². The van der Waals surface area contributed by atoms with Crippen LogP contribution in [-0.2, 0) is 11.2 Å². The van der Waals surface area contributed by atoms with Crippen LogP contribution in [0.25, 0.3) is 0 Å². The summed E-state index contributed by atoms with van der Waals surface area (Å²) in [7, 11) is 0. The monoisotopic (exact) mass is 311 g/mol. The van der Waals surface area contributed by atoms with Crippen molar-refractivity contribution in [3.8, 4) is 0 Å². The third kappa shape index (κ3) is 5.14. The Hall–Kier alpha value is -2.82. The van der Waals surface area contributed by atoms with Gasteiger partial charge in [0.05, 0.1) is 6.04 Å². The molecule has 23 heavy (non-hydrogen) atoms. The maximum atomic E-state index is 12.5. The van der Waals surface area contributed by atoms with Gasteiger partial charge in [-0.3, -0.25) is 4.79 Å². The second kappa shape index (κ2) is 7.98. The molecule has 0 radical (unpaired) electrons. The average molecular weight is 311 g/mol. The molecule has 0 saturated heterocycles. The van der Waals surface area contributed by atoms with Crippen LogP contribution in [0.2, 0.25) is 0 Å². The van der Waals surface area contributed by atoms with Crippen molar-refractivity contribution in [1.82, 2.24) is 10.6 Å². The van der Waals surface area contributed by atoms with Crippen molar-refractivity contribution < 1.29 is 9.59 Å². The Balaban J connectivity index is 2.05. The van der Waals surface area contributed by atoms with E-state index < -0.39 is 12.1 Å². The van der Waals surface area contributed by atoms with Crippen LogP contribution in [0.15, 0.2) is 60.7 Å². The Labute approximate surface area is 135 Å². The van der Waals surface area contributed by atoms with E-state index in [0.717, 1.165) is 11.1 Å². The molecule has 0 aliphatic heterocycles. The van der Waals surface area contributed by atoms with E-state index in [1.54, 1.807) is 0 Å². The van der Waals surface area contributed by atoms with E-state index in [1.807, 2.05) is 67.6 Å². The molecule has 0 saturated carbocycles. The summed E-state index contributed by atoms with van der Waals surface area (Å²) in [5.41, 5.74) is 7.15. The molecule has 2 aromatic rings. The highest BCUT2D eigenvalue weighted by atomic mass is 16.2. The molecule has 0 heterocycles. The number of amides is 3. The Morgan fingerprint density at radius 3 is 2.09 bits per heavy atom. The molecule has 3 amide bonds. The first-order chi connectivity index (χ1) is 11.1. The third-order valence-electron chi connectivity index (χ3n) is 3.57. The van der Waals surface area contributed by atoms with Gasteiger partial charge in [-0.2, -0.15) is 0 Å². The van der Waals surface area contributed by atoms with E-state index in [1.165, 1.54) is 0 Å². The highest BCUT2D eigenvalue weighted by Crippen LogP contribution is 2.12. The third-order valence-corrected chi connectivity index (χ3v) is 3.57. The summed E-state index contributed by atoms with van der Waals surface area (Å²) >= 11 is 0. The van der Waals surface area contributed by atoms with E-state index in [2.05, 4.69) is 10.6 Å². The fourth-order valence-corrected chi connectivity index (χ4v) is 2.37. The van der Waals surface area contributed by atoms with Crippen molar-refractivity contribution in [2.45, 2.75) is 25.4 Å². The molecule has 0 aliphatic carbocycles. The largest absolute Gasteiger partial charge is 0.352 e. The molecule has 4 N–H and O–H groups in total. The SMILES string of the molecule is CC(NC(=O)C(Cc1ccccc1)NC(N)=O)c1ccccc1. The first kappa shape index (κ1) is 16.5. The van der Waals surface area contributed by atoms with Gasteiger partial charge in [0.25, 0.3) is 0 Å². The van der Waals surface area contributed by atoms with Crippen LogP contribution in [-0.4, -0.2) is 18.0 Å². The van der Waals surface area contributed by atoms with Crippen molar-refractivity contribution in [2.24, 2.45) is 5.73 Å². The predicted octanol–water partition coefficient (Wildman–Crippen LogP) is 2.14. The van der Waals surface area contributed by atoms with Gasteiger partial charge in [0.1, 0.15) is 6.04 Å². The summed E-state index contributed by atoms with van der Waals surface area (Å²) in [6.45, 7) is 1.90. The van der Waals surface area contributed by atoms with Crippen molar-refractivity contribution in [3.63, 3.8) is 0 Å². The number of hydrogen-bond acceptors (Lipinski definition) is 2. The summed E-state index contributed by atoms with van der Waals surface area (Å²) < 4.78 is 0. The second-order valence-corrected chi connectivity index (χ2v) is 5.39. The van der Waals surface area contributed by atoms with Crippen LogP contribution in [0, 0.1) is 0 Å². The lowest BCUT2D eigenvalue weighted by Gasteiger charge is -2.21. The standard InChI is InChI=1S/C18H21N3O2/c1-13(15-10-6-3-7-11-15)20-17(22)16(21-18(19)23)12-14-8-4-2-5-9-14/h2-11,13,16H,12H2,1H3,(H,20,22)(H3,19,21,23). The van der Waals surface area contributed by atoms with Crippen molar-refractivity contribution in [3.05, 3.63) is 71.8 Å². The van der Waals surface area contributed by atoms with E-state index in [-0.39, 0.29) is 11.9 Å². The number of nitrogens with one attached hydrogen (secondary N) is 2. The van der Waals surface area contributed by atoms with Gasteiger partial charge < -0.3 is 16.4 Å². The zero-order valence-corrected chi connectivity index (χ0v) is 13.0. The van der Waals surface area contributed by atoms with Crippen LogP contribution in [0.5, 0.6) is 0 Å². The summed E-state index contributed by atoms with van der Waals surface area (Å²) in [6, 6.07) is 17.6. The summed E-state index contributed by atoms with van der Waals surface area (Å²) in [5.74, 6) is -0.260. The number of rotatable bonds is 6. The highest BCUT2D eigenvalue weighted by Gasteiger charge is 2.22. The van der Waals surface area contributed by atoms with Gasteiger partial charge in [-0.15, -0.1) is 0 Å². The lowest BCUT2D eigenvalue weighted by Crippen LogP contribution is -2.50. The first-order valence-corrected chi connectivity index (χ1v) is 7.51. The molecule has 0 fully saturated rings. The number of carbonyl (C=O) groups excluding carboxylic acids is 2. The van der Waals surface area contributed by atoms with Crippen molar-refractivity contribution in [1.29, 1.82) is 0 Å². The smallest absolute Gasteiger partial charge is 0.312 e. The van der Waals surface area contributed by atoms with Crippen LogP contribution in [0.3, 0.4) is 0 Å². The maximum absolute atomic E-state index is 12.5. The molecule has 0 aromatic heterocycles. The van der Waals surface area contributed by atoms with Gasteiger partial charge in [-0.05, 0) is 18.1 Å². The maximum Gasteiger partial charge on any atom is 0.312 e. The Bertz CT molecular complexity index is 644. The highest BCUT2D eigenvalue weighted by molar-refractivity contribution is 5.87. The van der Waals surface area contributed by atoms with Gasteiger partial charge in [0.15, 0.2) is 0 Å². The molecule has 5 nitrogen and oxygen atoms in total. The Morgan fingerprint density at radius 2 is 1.52 bits per heavy atom. The molecule has 5 heteroatoms. The second-order valence-electron chi connectivity index (χ2n) is 5.39. The number of urea groups is 1. The number of primary amides is 1. The quantitative estimate of drug-likeness (QED) is 0.763. The molecule has 120 valence electrons. The number of benzene rings is 2. The van der Waals surface area contributed by atoms with Crippen molar-refractivity contribution >= 4 is 11.9 Å². The molecular formula is C18H21N3O2. The number of hydrogen-bond donors (Lipinski definition) is 3. The van der Waals surface area contributed by atoms with Crippen molar-refractivity contribution in [2.75, 3.05) is 0 Å². The fraction of sp³-hybridized carbons (Fsp3) is 0.222.